The van der Waals surface area contributed by atoms with Gasteiger partial charge in [-0.15, -0.1) is 0 Å². The van der Waals surface area contributed by atoms with Gasteiger partial charge in [0.1, 0.15) is 0 Å². The van der Waals surface area contributed by atoms with E-state index in [1.807, 2.05) is 73.7 Å². The summed E-state index contributed by atoms with van der Waals surface area (Å²) in [6, 6.07) is 26.2. The Morgan fingerprint density at radius 2 is 1.63 bits per heavy atom. The quantitative estimate of drug-likeness (QED) is 0.661. The molecule has 30 heavy (non-hydrogen) atoms. The van der Waals surface area contributed by atoms with Crippen molar-refractivity contribution >= 4 is 17.5 Å². The average Bonchev–Trinajstić information content (AvgIpc) is 3.12. The predicted molar refractivity (Wildman–Crippen MR) is 119 cm³/mol. The maximum atomic E-state index is 12.9. The Bertz CT molecular complexity index is 1030. The van der Waals surface area contributed by atoms with Crippen LogP contribution in [0.4, 0.5) is 5.69 Å². The van der Waals surface area contributed by atoms with Gasteiger partial charge in [0.15, 0.2) is 0 Å². The van der Waals surface area contributed by atoms with Gasteiger partial charge in [0, 0.05) is 25.2 Å². The van der Waals surface area contributed by atoms with Crippen molar-refractivity contribution in [1.29, 1.82) is 0 Å². The fraction of sp³-hybridized carbons (Fsp3) is 0.231. The molecule has 0 unspecified atom stereocenters. The number of anilines is 1. The van der Waals surface area contributed by atoms with Crippen molar-refractivity contribution in [1.82, 2.24) is 4.90 Å². The molecule has 1 saturated heterocycles. The Morgan fingerprint density at radius 1 is 0.933 bits per heavy atom. The van der Waals surface area contributed by atoms with Gasteiger partial charge < -0.3 is 10.2 Å². The van der Waals surface area contributed by atoms with Crippen molar-refractivity contribution in [2.45, 2.75) is 26.3 Å². The monoisotopic (exact) mass is 398 g/mol. The summed E-state index contributed by atoms with van der Waals surface area (Å²) in [5, 5.41) is 3.07. The average molecular weight is 399 g/mol. The summed E-state index contributed by atoms with van der Waals surface area (Å²) in [6.07, 6.45) is 1.01. The van der Waals surface area contributed by atoms with Crippen LogP contribution in [0.15, 0.2) is 78.9 Å². The van der Waals surface area contributed by atoms with Crippen molar-refractivity contribution in [2.24, 2.45) is 5.92 Å². The molecular weight excluding hydrogens is 372 g/mol. The smallest absolute Gasteiger partial charge is 0.229 e. The van der Waals surface area contributed by atoms with Crippen molar-refractivity contribution in [3.63, 3.8) is 0 Å². The van der Waals surface area contributed by atoms with Gasteiger partial charge in [-0.1, -0.05) is 78.4 Å². The normalized spacial score (nSPS) is 16.0. The number of likely N-dealkylation sites (tertiary alicyclic amines) is 1. The molecule has 4 nitrogen and oxygen atoms in total. The summed E-state index contributed by atoms with van der Waals surface area (Å²) in [4.78, 5) is 27.2. The fourth-order valence-electron chi connectivity index (χ4n) is 3.86. The van der Waals surface area contributed by atoms with E-state index in [0.29, 0.717) is 13.1 Å². The van der Waals surface area contributed by atoms with E-state index < -0.39 is 0 Å². The predicted octanol–water partition coefficient (Wildman–Crippen LogP) is 4.57. The van der Waals surface area contributed by atoms with E-state index in [1.165, 1.54) is 11.1 Å². The summed E-state index contributed by atoms with van der Waals surface area (Å²) in [5.74, 6) is -0.378. The van der Waals surface area contributed by atoms with Crippen molar-refractivity contribution in [3.8, 4) is 0 Å². The SMILES string of the molecule is Cc1ccc(CN2C[C@@H](C(=O)Nc3ccccc3Cc3ccccc3)CC2=O)cc1. The van der Waals surface area contributed by atoms with Gasteiger partial charge in [-0.3, -0.25) is 9.59 Å². The molecule has 4 heteroatoms. The third kappa shape index (κ3) is 4.77. The van der Waals surface area contributed by atoms with E-state index in [2.05, 4.69) is 17.4 Å². The lowest BCUT2D eigenvalue weighted by molar-refractivity contribution is -0.128. The van der Waals surface area contributed by atoms with Crippen LogP contribution >= 0.6 is 0 Å². The zero-order chi connectivity index (χ0) is 20.9. The second-order valence-corrected chi connectivity index (χ2v) is 7.97. The third-order valence-corrected chi connectivity index (χ3v) is 5.59. The second kappa shape index (κ2) is 8.95. The number of hydrogen-bond acceptors (Lipinski definition) is 2. The van der Waals surface area contributed by atoms with Gasteiger partial charge >= 0.3 is 0 Å². The van der Waals surface area contributed by atoms with E-state index in [0.717, 1.165) is 23.2 Å². The van der Waals surface area contributed by atoms with Crippen LogP contribution < -0.4 is 5.32 Å². The molecule has 152 valence electrons. The molecule has 1 aliphatic heterocycles. The zero-order valence-electron chi connectivity index (χ0n) is 17.2. The Morgan fingerprint density at radius 3 is 2.40 bits per heavy atom. The van der Waals surface area contributed by atoms with Gasteiger partial charge in [0.2, 0.25) is 11.8 Å². The molecule has 2 amide bonds. The highest BCUT2D eigenvalue weighted by atomic mass is 16.2. The van der Waals surface area contributed by atoms with E-state index in [9.17, 15) is 9.59 Å². The maximum absolute atomic E-state index is 12.9. The molecule has 3 aromatic rings. The minimum Gasteiger partial charge on any atom is -0.338 e. The first kappa shape index (κ1) is 19.9. The molecule has 3 aromatic carbocycles. The molecule has 0 saturated carbocycles. The van der Waals surface area contributed by atoms with Crippen LogP contribution in [0, 0.1) is 12.8 Å². The van der Waals surface area contributed by atoms with E-state index in [4.69, 9.17) is 0 Å². The summed E-state index contributed by atoms with van der Waals surface area (Å²) >= 11 is 0. The summed E-state index contributed by atoms with van der Waals surface area (Å²) in [7, 11) is 0. The van der Waals surface area contributed by atoms with Crippen molar-refractivity contribution < 1.29 is 9.59 Å². The second-order valence-electron chi connectivity index (χ2n) is 7.97. The summed E-state index contributed by atoms with van der Waals surface area (Å²) in [6.45, 7) is 3.05. The summed E-state index contributed by atoms with van der Waals surface area (Å²) in [5.41, 5.74) is 5.36. The Kier molecular flexibility index (Phi) is 5.94. The highest BCUT2D eigenvalue weighted by Gasteiger charge is 2.34. The van der Waals surface area contributed by atoms with Crippen LogP contribution in [0.1, 0.15) is 28.7 Å². The Balaban J connectivity index is 1.41. The van der Waals surface area contributed by atoms with E-state index in [-0.39, 0.29) is 24.2 Å². The molecule has 4 rings (SSSR count). The largest absolute Gasteiger partial charge is 0.338 e. The molecule has 1 atom stereocenters. The first-order valence-electron chi connectivity index (χ1n) is 10.3. The topological polar surface area (TPSA) is 49.4 Å². The Hall–Kier alpha value is -3.40. The standard InChI is InChI=1S/C26H26N2O2/c1-19-11-13-21(14-12-19)17-28-18-23(16-25(28)29)26(30)27-24-10-6-5-9-22(24)15-20-7-3-2-4-8-20/h2-14,23H,15-18H2,1H3,(H,27,30)/t23-/m0/s1. The molecule has 1 fully saturated rings. The first-order chi connectivity index (χ1) is 14.6. The lowest BCUT2D eigenvalue weighted by Gasteiger charge is -2.17. The van der Waals surface area contributed by atoms with Crippen LogP contribution in [0.5, 0.6) is 0 Å². The van der Waals surface area contributed by atoms with Crippen LogP contribution in [-0.4, -0.2) is 23.3 Å². The number of benzene rings is 3. The number of carbonyl (C=O) groups excluding carboxylic acids is 2. The fourth-order valence-corrected chi connectivity index (χ4v) is 3.86. The van der Waals surface area contributed by atoms with E-state index in [1.54, 1.807) is 4.90 Å². The first-order valence-corrected chi connectivity index (χ1v) is 10.3. The highest BCUT2D eigenvalue weighted by molar-refractivity contribution is 5.97. The number of rotatable bonds is 6. The van der Waals surface area contributed by atoms with Gasteiger partial charge in [0.25, 0.3) is 0 Å². The van der Waals surface area contributed by atoms with Gasteiger partial charge in [-0.2, -0.15) is 0 Å². The van der Waals surface area contributed by atoms with Gasteiger partial charge in [0.05, 0.1) is 5.92 Å². The molecule has 0 aromatic heterocycles. The number of para-hydroxylation sites is 1. The summed E-state index contributed by atoms with van der Waals surface area (Å²) < 4.78 is 0. The van der Waals surface area contributed by atoms with Crippen molar-refractivity contribution in [2.75, 3.05) is 11.9 Å². The van der Waals surface area contributed by atoms with Crippen LogP contribution in [0.3, 0.4) is 0 Å². The van der Waals surface area contributed by atoms with Gasteiger partial charge in [-0.25, -0.2) is 0 Å². The highest BCUT2D eigenvalue weighted by Crippen LogP contribution is 2.24. The maximum Gasteiger partial charge on any atom is 0.229 e. The molecule has 1 N–H and O–H groups in total. The molecule has 0 spiro atoms. The number of amides is 2. The molecular formula is C26H26N2O2. The molecule has 0 aliphatic carbocycles. The van der Waals surface area contributed by atoms with Crippen LogP contribution in [0.25, 0.3) is 0 Å². The van der Waals surface area contributed by atoms with Gasteiger partial charge in [-0.05, 0) is 36.1 Å². The number of nitrogens with one attached hydrogen (secondary N) is 1. The minimum absolute atomic E-state index is 0.0355. The number of carbonyl (C=O) groups is 2. The van der Waals surface area contributed by atoms with Crippen LogP contribution in [-0.2, 0) is 22.6 Å². The molecule has 1 aliphatic rings. The number of hydrogen-bond donors (Lipinski definition) is 1. The van der Waals surface area contributed by atoms with E-state index >= 15 is 0 Å². The number of aryl methyl sites for hydroxylation is 1. The lowest BCUT2D eigenvalue weighted by Crippen LogP contribution is -2.28. The Labute approximate surface area is 177 Å². The van der Waals surface area contributed by atoms with Crippen molar-refractivity contribution in [3.05, 3.63) is 101 Å². The minimum atomic E-state index is -0.326. The third-order valence-electron chi connectivity index (χ3n) is 5.59. The molecule has 0 radical (unpaired) electrons. The van der Waals surface area contributed by atoms with Crippen LogP contribution in [0.2, 0.25) is 0 Å². The zero-order valence-corrected chi connectivity index (χ0v) is 17.2. The molecule has 0 bridgehead atoms. The molecule has 1 heterocycles. The number of nitrogens with zero attached hydrogens (tertiary/aromatic N) is 1. The lowest BCUT2D eigenvalue weighted by atomic mass is 10.0.